The van der Waals surface area contributed by atoms with E-state index in [9.17, 15) is 5.11 Å². The minimum absolute atomic E-state index is 0.0284. The minimum Gasteiger partial charge on any atom is -0.507 e. The standard InChI is InChI=1S/C32H46O2S2/c1-28(2,3)22-16-20(17-23(26(22)33)29(4,5)6)35-32(12,13)36-21-18-24(30(7,8)9)27-25(19-21)31(10,11)14-15-34-27/h14-19,33H,1-13H3. The van der Waals surface area contributed by atoms with Crippen LogP contribution in [-0.2, 0) is 21.7 Å². The molecule has 0 aromatic heterocycles. The molecular formula is C32H46O2S2. The molecule has 1 N–H and O–H groups in total. The zero-order chi connectivity index (χ0) is 27.5. The number of aromatic hydroxyl groups is 1. The Kier molecular flexibility index (Phi) is 7.54. The monoisotopic (exact) mass is 526 g/mol. The van der Waals surface area contributed by atoms with Gasteiger partial charge in [-0.3, -0.25) is 0 Å². The first-order chi connectivity index (χ1) is 16.1. The summed E-state index contributed by atoms with van der Waals surface area (Å²) >= 11 is 3.76. The summed E-state index contributed by atoms with van der Waals surface area (Å²) in [5.74, 6) is 1.44. The fourth-order valence-electron chi connectivity index (χ4n) is 4.58. The van der Waals surface area contributed by atoms with E-state index in [1.165, 1.54) is 20.9 Å². The predicted molar refractivity (Wildman–Crippen MR) is 159 cm³/mol. The fourth-order valence-corrected chi connectivity index (χ4v) is 7.17. The van der Waals surface area contributed by atoms with E-state index < -0.39 is 0 Å². The highest BCUT2D eigenvalue weighted by Crippen LogP contribution is 2.51. The third-order valence-electron chi connectivity index (χ3n) is 6.66. The van der Waals surface area contributed by atoms with Crippen LogP contribution >= 0.6 is 23.5 Å². The molecule has 0 saturated carbocycles. The van der Waals surface area contributed by atoms with Crippen molar-refractivity contribution in [3.8, 4) is 11.5 Å². The lowest BCUT2D eigenvalue weighted by Crippen LogP contribution is -2.23. The summed E-state index contributed by atoms with van der Waals surface area (Å²) in [4.78, 5) is 2.45. The Labute approximate surface area is 228 Å². The lowest BCUT2D eigenvalue weighted by Gasteiger charge is -2.34. The van der Waals surface area contributed by atoms with Gasteiger partial charge in [0.15, 0.2) is 0 Å². The van der Waals surface area contributed by atoms with Gasteiger partial charge in [0.25, 0.3) is 0 Å². The van der Waals surface area contributed by atoms with Gasteiger partial charge < -0.3 is 9.84 Å². The number of thioether (sulfide) groups is 2. The minimum atomic E-state index is -0.142. The Bertz CT molecular complexity index is 1130. The Morgan fingerprint density at radius 3 is 1.53 bits per heavy atom. The molecule has 0 bridgehead atoms. The van der Waals surface area contributed by atoms with Gasteiger partial charge in [-0.1, -0.05) is 76.2 Å². The van der Waals surface area contributed by atoms with Crippen LogP contribution in [0.4, 0.5) is 0 Å². The number of hydrogen-bond donors (Lipinski definition) is 1. The van der Waals surface area contributed by atoms with Crippen LogP contribution in [0.25, 0.3) is 0 Å². The maximum atomic E-state index is 11.2. The van der Waals surface area contributed by atoms with Crippen LogP contribution in [0.15, 0.2) is 46.4 Å². The average Bonchev–Trinajstić information content (AvgIpc) is 2.66. The molecule has 0 unspecified atom stereocenters. The molecule has 1 aliphatic rings. The molecule has 1 heterocycles. The third-order valence-corrected chi connectivity index (χ3v) is 9.09. The average molecular weight is 527 g/mol. The highest BCUT2D eigenvalue weighted by atomic mass is 32.2. The van der Waals surface area contributed by atoms with Gasteiger partial charge in [0, 0.05) is 37.5 Å². The van der Waals surface area contributed by atoms with E-state index in [0.29, 0.717) is 5.75 Å². The largest absolute Gasteiger partial charge is 0.507 e. The number of benzene rings is 2. The maximum absolute atomic E-state index is 11.2. The summed E-state index contributed by atoms with van der Waals surface area (Å²) < 4.78 is 5.96. The fraction of sp³-hybridized carbons (Fsp3) is 0.562. The smallest absolute Gasteiger partial charge is 0.134 e. The van der Waals surface area contributed by atoms with Crippen molar-refractivity contribution in [1.82, 2.24) is 0 Å². The molecule has 2 nitrogen and oxygen atoms in total. The van der Waals surface area contributed by atoms with E-state index in [1.54, 1.807) is 0 Å². The summed E-state index contributed by atoms with van der Waals surface area (Å²) in [5.41, 5.74) is 4.11. The number of phenolic OH excluding ortho intramolecular Hbond substituents is 1. The van der Waals surface area contributed by atoms with Crippen LogP contribution in [0.1, 0.15) is 112 Å². The highest BCUT2D eigenvalue weighted by molar-refractivity contribution is 8.18. The second kappa shape index (κ2) is 9.34. The van der Waals surface area contributed by atoms with Crippen molar-refractivity contribution < 1.29 is 9.84 Å². The van der Waals surface area contributed by atoms with Crippen molar-refractivity contribution in [1.29, 1.82) is 0 Å². The molecule has 0 spiro atoms. The van der Waals surface area contributed by atoms with Crippen molar-refractivity contribution in [3.63, 3.8) is 0 Å². The molecule has 198 valence electrons. The zero-order valence-electron chi connectivity index (χ0n) is 24.6. The number of fused-ring (bicyclic) bond motifs is 1. The van der Waals surface area contributed by atoms with Crippen LogP contribution in [0.3, 0.4) is 0 Å². The van der Waals surface area contributed by atoms with Gasteiger partial charge in [-0.25, -0.2) is 0 Å². The Morgan fingerprint density at radius 1 is 0.667 bits per heavy atom. The van der Waals surface area contributed by atoms with E-state index in [1.807, 2.05) is 29.8 Å². The maximum Gasteiger partial charge on any atom is 0.134 e. The van der Waals surface area contributed by atoms with Crippen molar-refractivity contribution in [3.05, 3.63) is 58.9 Å². The van der Waals surface area contributed by atoms with E-state index in [2.05, 4.69) is 120 Å². The topological polar surface area (TPSA) is 29.5 Å². The molecule has 36 heavy (non-hydrogen) atoms. The first kappa shape index (κ1) is 29.0. The summed E-state index contributed by atoms with van der Waals surface area (Å²) in [6.45, 7) is 28.9. The lowest BCUT2D eigenvalue weighted by atomic mass is 9.78. The number of ether oxygens (including phenoxy) is 1. The van der Waals surface area contributed by atoms with E-state index in [0.717, 1.165) is 16.9 Å². The van der Waals surface area contributed by atoms with Gasteiger partial charge in [0.1, 0.15) is 11.5 Å². The normalized spacial score (nSPS) is 16.0. The van der Waals surface area contributed by atoms with Crippen molar-refractivity contribution in [2.75, 3.05) is 0 Å². The summed E-state index contributed by atoms with van der Waals surface area (Å²) in [5, 5.41) is 11.2. The van der Waals surface area contributed by atoms with Crippen molar-refractivity contribution in [2.45, 2.75) is 126 Å². The van der Waals surface area contributed by atoms with Crippen LogP contribution in [0.2, 0.25) is 0 Å². The van der Waals surface area contributed by atoms with Gasteiger partial charge in [0.2, 0.25) is 0 Å². The first-order valence-electron chi connectivity index (χ1n) is 12.9. The van der Waals surface area contributed by atoms with Gasteiger partial charge in [-0.2, -0.15) is 0 Å². The molecular weight excluding hydrogens is 480 g/mol. The molecule has 0 atom stereocenters. The number of hydrogen-bond acceptors (Lipinski definition) is 4. The molecule has 0 fully saturated rings. The summed E-state index contributed by atoms with van der Waals surface area (Å²) in [6, 6.07) is 9.01. The highest BCUT2D eigenvalue weighted by Gasteiger charge is 2.33. The van der Waals surface area contributed by atoms with E-state index in [4.69, 9.17) is 4.74 Å². The van der Waals surface area contributed by atoms with Crippen LogP contribution < -0.4 is 4.74 Å². The Hall–Kier alpha value is -1.52. The molecule has 2 aromatic carbocycles. The summed E-state index contributed by atoms with van der Waals surface area (Å²) in [7, 11) is 0. The SMILES string of the molecule is CC(C)(Sc1cc(C(C)(C)C)c(O)c(C(C)(C)C)c1)Sc1cc(C(C)(C)C)c2c(c1)C(C)(C)C=CO2. The first-order valence-corrected chi connectivity index (χ1v) is 14.5. The van der Waals surface area contributed by atoms with E-state index >= 15 is 0 Å². The second-order valence-electron chi connectivity index (χ2n) is 14.2. The van der Waals surface area contributed by atoms with Crippen molar-refractivity contribution in [2.24, 2.45) is 0 Å². The molecule has 0 saturated heterocycles. The van der Waals surface area contributed by atoms with Crippen LogP contribution in [-0.4, -0.2) is 9.19 Å². The number of allylic oxidation sites excluding steroid dienone is 1. The predicted octanol–water partition coefficient (Wildman–Crippen LogP) is 10.1. The lowest BCUT2D eigenvalue weighted by molar-refractivity contribution is 0.410. The molecule has 1 aliphatic heterocycles. The quantitative estimate of drug-likeness (QED) is 0.317. The van der Waals surface area contributed by atoms with Crippen LogP contribution in [0.5, 0.6) is 11.5 Å². The van der Waals surface area contributed by atoms with Crippen LogP contribution in [0, 0.1) is 0 Å². The third kappa shape index (κ3) is 6.30. The molecule has 0 radical (unpaired) electrons. The Morgan fingerprint density at radius 2 is 1.08 bits per heavy atom. The van der Waals surface area contributed by atoms with Gasteiger partial charge in [0.05, 0.1) is 10.3 Å². The molecule has 3 rings (SSSR count). The number of phenols is 1. The second-order valence-corrected chi connectivity index (χ2v) is 17.9. The molecule has 4 heteroatoms. The van der Waals surface area contributed by atoms with Gasteiger partial charge in [-0.05, 0) is 60.4 Å². The molecule has 0 amide bonds. The molecule has 0 aliphatic carbocycles. The van der Waals surface area contributed by atoms with Gasteiger partial charge in [-0.15, -0.1) is 23.5 Å². The number of rotatable bonds is 4. The van der Waals surface area contributed by atoms with Gasteiger partial charge >= 0.3 is 0 Å². The van der Waals surface area contributed by atoms with E-state index in [-0.39, 0.29) is 25.7 Å². The Balaban J connectivity index is 2.05. The molecule has 2 aromatic rings. The van der Waals surface area contributed by atoms with Crippen molar-refractivity contribution >= 4 is 23.5 Å². The summed E-state index contributed by atoms with van der Waals surface area (Å²) in [6.07, 6.45) is 3.99. The zero-order valence-corrected chi connectivity index (χ0v) is 26.3.